The van der Waals surface area contributed by atoms with Crippen LogP contribution in [0.15, 0.2) is 22.7 Å². The van der Waals surface area contributed by atoms with Gasteiger partial charge in [0.05, 0.1) is 6.04 Å². The lowest BCUT2D eigenvalue weighted by Crippen LogP contribution is -2.18. The first-order valence-corrected chi connectivity index (χ1v) is 5.22. The van der Waals surface area contributed by atoms with E-state index in [1.165, 1.54) is 0 Å². The Kier molecular flexibility index (Phi) is 2.65. The second kappa shape index (κ2) is 3.79. The molecule has 0 spiro atoms. The number of carbonyl (C=O) groups excluding carboxylic acids is 1. The van der Waals surface area contributed by atoms with Gasteiger partial charge in [-0.1, -0.05) is 33.6 Å². The maximum absolute atomic E-state index is 10.8. The lowest BCUT2D eigenvalue weighted by Gasteiger charge is -2.09. The van der Waals surface area contributed by atoms with E-state index in [-0.39, 0.29) is 12.1 Å². The molecule has 1 aliphatic rings. The third-order valence-corrected chi connectivity index (χ3v) is 2.93. The molecule has 2 rings (SSSR count). The third kappa shape index (κ3) is 1.86. The molecule has 0 aliphatic carbocycles. The fraction of sp³-hybridized carbons (Fsp3) is 0.222. The van der Waals surface area contributed by atoms with E-state index in [2.05, 4.69) is 21.2 Å². The van der Waals surface area contributed by atoms with Crippen molar-refractivity contribution < 1.29 is 9.53 Å². The zero-order chi connectivity index (χ0) is 10.1. The van der Waals surface area contributed by atoms with Crippen LogP contribution in [-0.4, -0.2) is 12.7 Å². The number of hydrogen-bond donors (Lipinski definition) is 1. The minimum absolute atomic E-state index is 0.0888. The molecule has 0 aromatic heterocycles. The number of benzene rings is 1. The second-order valence-electron chi connectivity index (χ2n) is 2.96. The molecule has 1 unspecified atom stereocenters. The SMILES string of the molecule is O=C1NC(c2ccc(Cl)cc2Br)CO1. The van der Waals surface area contributed by atoms with Crippen LogP contribution in [0.1, 0.15) is 11.6 Å². The molecule has 1 N–H and O–H groups in total. The normalized spacial score (nSPS) is 20.4. The molecule has 1 fully saturated rings. The summed E-state index contributed by atoms with van der Waals surface area (Å²) in [5.74, 6) is 0. The summed E-state index contributed by atoms with van der Waals surface area (Å²) in [6, 6.07) is 5.36. The van der Waals surface area contributed by atoms with Gasteiger partial charge in [0, 0.05) is 9.50 Å². The van der Waals surface area contributed by atoms with E-state index >= 15 is 0 Å². The Balaban J connectivity index is 2.28. The monoisotopic (exact) mass is 275 g/mol. The number of alkyl carbamates (subject to hydrolysis) is 1. The van der Waals surface area contributed by atoms with E-state index < -0.39 is 0 Å². The van der Waals surface area contributed by atoms with Crippen molar-refractivity contribution >= 4 is 33.6 Å². The molecule has 3 nitrogen and oxygen atoms in total. The van der Waals surface area contributed by atoms with Crippen LogP contribution in [0, 0.1) is 0 Å². The van der Waals surface area contributed by atoms with Gasteiger partial charge in [0.15, 0.2) is 0 Å². The highest BCUT2D eigenvalue weighted by Gasteiger charge is 2.25. The summed E-state index contributed by atoms with van der Waals surface area (Å²) in [6.45, 7) is 0.360. The first kappa shape index (κ1) is 9.80. The van der Waals surface area contributed by atoms with Crippen molar-refractivity contribution in [3.05, 3.63) is 33.3 Å². The lowest BCUT2D eigenvalue weighted by atomic mass is 10.1. The van der Waals surface area contributed by atoms with Crippen molar-refractivity contribution in [2.75, 3.05) is 6.61 Å². The fourth-order valence-corrected chi connectivity index (χ4v) is 2.30. The van der Waals surface area contributed by atoms with Gasteiger partial charge in [-0.05, 0) is 17.7 Å². The molecule has 1 aromatic rings. The summed E-state index contributed by atoms with van der Waals surface area (Å²) in [7, 11) is 0. The number of rotatable bonds is 1. The Bertz CT molecular complexity index is 383. The van der Waals surface area contributed by atoms with Crippen LogP contribution in [0.5, 0.6) is 0 Å². The van der Waals surface area contributed by atoms with Crippen LogP contribution in [0.2, 0.25) is 5.02 Å². The van der Waals surface area contributed by atoms with Gasteiger partial charge in [-0.2, -0.15) is 0 Å². The zero-order valence-corrected chi connectivity index (χ0v) is 9.43. The van der Waals surface area contributed by atoms with Gasteiger partial charge < -0.3 is 10.1 Å². The van der Waals surface area contributed by atoms with E-state index in [9.17, 15) is 4.79 Å². The highest BCUT2D eigenvalue weighted by atomic mass is 79.9. The maximum atomic E-state index is 10.8. The topological polar surface area (TPSA) is 38.3 Å². The van der Waals surface area contributed by atoms with E-state index in [0.29, 0.717) is 11.6 Å². The number of ether oxygens (including phenoxy) is 1. The average molecular weight is 277 g/mol. The van der Waals surface area contributed by atoms with Gasteiger partial charge in [-0.25, -0.2) is 4.79 Å². The second-order valence-corrected chi connectivity index (χ2v) is 4.25. The molecule has 14 heavy (non-hydrogen) atoms. The van der Waals surface area contributed by atoms with Crippen molar-refractivity contribution in [3.63, 3.8) is 0 Å². The van der Waals surface area contributed by atoms with Crippen LogP contribution in [-0.2, 0) is 4.74 Å². The van der Waals surface area contributed by atoms with Crippen molar-refractivity contribution in [2.45, 2.75) is 6.04 Å². The van der Waals surface area contributed by atoms with Crippen molar-refractivity contribution in [3.8, 4) is 0 Å². The van der Waals surface area contributed by atoms with Crippen molar-refractivity contribution in [1.82, 2.24) is 5.32 Å². The van der Waals surface area contributed by atoms with Crippen LogP contribution in [0.3, 0.4) is 0 Å². The highest BCUT2D eigenvalue weighted by Crippen LogP contribution is 2.28. The van der Waals surface area contributed by atoms with Gasteiger partial charge in [0.1, 0.15) is 6.61 Å². The number of nitrogens with one attached hydrogen (secondary N) is 1. The maximum Gasteiger partial charge on any atom is 0.407 e. The number of hydrogen-bond acceptors (Lipinski definition) is 2. The van der Waals surface area contributed by atoms with Gasteiger partial charge in [-0.15, -0.1) is 0 Å². The van der Waals surface area contributed by atoms with E-state index in [4.69, 9.17) is 16.3 Å². The summed E-state index contributed by atoms with van der Waals surface area (Å²) < 4.78 is 5.68. The minimum Gasteiger partial charge on any atom is -0.447 e. The molecule has 1 aromatic carbocycles. The largest absolute Gasteiger partial charge is 0.447 e. The molecular formula is C9H7BrClNO2. The first-order valence-electron chi connectivity index (χ1n) is 4.05. The molecule has 0 radical (unpaired) electrons. The van der Waals surface area contributed by atoms with Crippen molar-refractivity contribution in [2.24, 2.45) is 0 Å². The summed E-state index contributed by atoms with van der Waals surface area (Å²) >= 11 is 9.19. The van der Waals surface area contributed by atoms with Gasteiger partial charge in [0.2, 0.25) is 0 Å². The number of halogens is 2. The molecule has 1 amide bonds. The molecule has 1 saturated heterocycles. The fourth-order valence-electron chi connectivity index (χ4n) is 1.34. The summed E-state index contributed by atoms with van der Waals surface area (Å²) in [4.78, 5) is 10.8. The summed E-state index contributed by atoms with van der Waals surface area (Å²) in [5.41, 5.74) is 0.972. The molecule has 0 bridgehead atoms. The minimum atomic E-state index is -0.378. The van der Waals surface area contributed by atoms with Crippen LogP contribution in [0.25, 0.3) is 0 Å². The molecule has 1 heterocycles. The first-order chi connectivity index (χ1) is 6.66. The van der Waals surface area contributed by atoms with Crippen LogP contribution in [0.4, 0.5) is 4.79 Å². The predicted octanol–water partition coefficient (Wildman–Crippen LogP) is 2.88. The molecule has 1 aliphatic heterocycles. The quantitative estimate of drug-likeness (QED) is 0.856. The molecule has 5 heteroatoms. The number of amides is 1. The van der Waals surface area contributed by atoms with Gasteiger partial charge in [0.25, 0.3) is 0 Å². The van der Waals surface area contributed by atoms with Gasteiger partial charge >= 0.3 is 6.09 Å². The smallest absolute Gasteiger partial charge is 0.407 e. The predicted molar refractivity (Wildman–Crippen MR) is 56.4 cm³/mol. The summed E-state index contributed by atoms with van der Waals surface area (Å²) in [5, 5.41) is 3.35. The molecule has 0 saturated carbocycles. The standard InChI is InChI=1S/C9H7BrClNO2/c10-7-3-5(11)1-2-6(7)8-4-14-9(13)12-8/h1-3,8H,4H2,(H,12,13). The van der Waals surface area contributed by atoms with Crippen LogP contribution < -0.4 is 5.32 Å². The van der Waals surface area contributed by atoms with E-state index in [0.717, 1.165) is 10.0 Å². The third-order valence-electron chi connectivity index (χ3n) is 2.01. The van der Waals surface area contributed by atoms with E-state index in [1.807, 2.05) is 6.07 Å². The molecule has 74 valence electrons. The molecular weight excluding hydrogens is 269 g/mol. The Hall–Kier alpha value is -0.740. The number of cyclic esters (lactones) is 1. The van der Waals surface area contributed by atoms with Gasteiger partial charge in [-0.3, -0.25) is 0 Å². The van der Waals surface area contributed by atoms with Crippen LogP contribution >= 0.6 is 27.5 Å². The number of carbonyl (C=O) groups is 1. The van der Waals surface area contributed by atoms with Crippen molar-refractivity contribution in [1.29, 1.82) is 0 Å². The average Bonchev–Trinajstić information content (AvgIpc) is 2.51. The Morgan fingerprint density at radius 3 is 2.93 bits per heavy atom. The van der Waals surface area contributed by atoms with E-state index in [1.54, 1.807) is 12.1 Å². The lowest BCUT2D eigenvalue weighted by molar-refractivity contribution is 0.177. The molecule has 1 atom stereocenters. The highest BCUT2D eigenvalue weighted by molar-refractivity contribution is 9.10. The Morgan fingerprint density at radius 2 is 2.36 bits per heavy atom. The zero-order valence-electron chi connectivity index (χ0n) is 7.09. The Morgan fingerprint density at radius 1 is 1.57 bits per heavy atom. The summed E-state index contributed by atoms with van der Waals surface area (Å²) in [6.07, 6.45) is -0.378. The Labute approximate surface area is 94.5 Å².